The summed E-state index contributed by atoms with van der Waals surface area (Å²) in [5, 5.41) is 3.07. The lowest BCUT2D eigenvalue weighted by Crippen LogP contribution is -2.06. The molecule has 0 saturated heterocycles. The minimum absolute atomic E-state index is 0.107. The quantitative estimate of drug-likeness (QED) is 0.902. The van der Waals surface area contributed by atoms with Crippen LogP contribution >= 0.6 is 27.5 Å². The van der Waals surface area contributed by atoms with Gasteiger partial charge in [0.1, 0.15) is 6.61 Å². The van der Waals surface area contributed by atoms with E-state index in [1.807, 2.05) is 31.2 Å². The van der Waals surface area contributed by atoms with Crippen LogP contribution in [0.4, 0.5) is 5.95 Å². The van der Waals surface area contributed by atoms with E-state index in [0.717, 1.165) is 10.0 Å². The predicted molar refractivity (Wildman–Crippen MR) is 77.5 cm³/mol. The summed E-state index contributed by atoms with van der Waals surface area (Å²) in [6.45, 7) is 3.01. The van der Waals surface area contributed by atoms with Crippen LogP contribution in [0.2, 0.25) is 5.28 Å². The maximum absolute atomic E-state index is 5.80. The van der Waals surface area contributed by atoms with Crippen LogP contribution in [-0.2, 0) is 6.61 Å². The van der Waals surface area contributed by atoms with Gasteiger partial charge in [0, 0.05) is 11.0 Å². The van der Waals surface area contributed by atoms with Gasteiger partial charge in [-0.15, -0.1) is 0 Å². The molecule has 0 bridgehead atoms. The van der Waals surface area contributed by atoms with Crippen molar-refractivity contribution in [1.29, 1.82) is 0 Å². The zero-order valence-electron chi connectivity index (χ0n) is 10.2. The van der Waals surface area contributed by atoms with E-state index >= 15 is 0 Å². The van der Waals surface area contributed by atoms with Gasteiger partial charge in [-0.2, -0.15) is 15.0 Å². The lowest BCUT2D eigenvalue weighted by Gasteiger charge is -2.07. The molecule has 0 amide bonds. The maximum atomic E-state index is 5.80. The van der Waals surface area contributed by atoms with Crippen LogP contribution in [0.3, 0.4) is 0 Å². The van der Waals surface area contributed by atoms with E-state index in [2.05, 4.69) is 36.2 Å². The number of aromatic nitrogens is 3. The molecule has 0 spiro atoms. The Morgan fingerprint density at radius 1 is 1.32 bits per heavy atom. The Labute approximate surface area is 124 Å². The van der Waals surface area contributed by atoms with Gasteiger partial charge in [0.2, 0.25) is 11.2 Å². The minimum atomic E-state index is 0.107. The maximum Gasteiger partial charge on any atom is 0.322 e. The standard InChI is InChI=1S/C12H12BrClN4O/c1-2-15-11-16-10(14)17-12(18-11)19-7-8-4-3-5-9(13)6-8/h3-6H,2,7H2,1H3,(H,15,16,17,18). The lowest BCUT2D eigenvalue weighted by molar-refractivity contribution is 0.280. The van der Waals surface area contributed by atoms with E-state index < -0.39 is 0 Å². The Balaban J connectivity index is 2.06. The molecule has 1 aromatic heterocycles. The molecule has 7 heteroatoms. The molecule has 0 radical (unpaired) electrons. The van der Waals surface area contributed by atoms with Crippen LogP contribution in [0.5, 0.6) is 6.01 Å². The van der Waals surface area contributed by atoms with Crippen molar-refractivity contribution in [3.05, 3.63) is 39.6 Å². The molecule has 0 aliphatic rings. The number of halogens is 2. The van der Waals surface area contributed by atoms with Gasteiger partial charge in [-0.25, -0.2) is 0 Å². The van der Waals surface area contributed by atoms with Crippen molar-refractivity contribution in [1.82, 2.24) is 15.0 Å². The highest BCUT2D eigenvalue weighted by Crippen LogP contribution is 2.15. The summed E-state index contributed by atoms with van der Waals surface area (Å²) in [6, 6.07) is 8.02. The number of ether oxygens (including phenoxy) is 1. The Morgan fingerprint density at radius 3 is 2.89 bits per heavy atom. The van der Waals surface area contributed by atoms with Crippen molar-refractivity contribution < 1.29 is 4.74 Å². The van der Waals surface area contributed by atoms with Crippen molar-refractivity contribution in [2.45, 2.75) is 13.5 Å². The lowest BCUT2D eigenvalue weighted by atomic mass is 10.2. The Bertz CT molecular complexity index is 567. The molecule has 2 aromatic rings. The number of hydrogen-bond donors (Lipinski definition) is 1. The molecule has 5 nitrogen and oxygen atoms in total. The van der Waals surface area contributed by atoms with Crippen LogP contribution in [0.15, 0.2) is 28.7 Å². The van der Waals surface area contributed by atoms with Crippen molar-refractivity contribution >= 4 is 33.5 Å². The third kappa shape index (κ3) is 4.33. The molecule has 1 heterocycles. The highest BCUT2D eigenvalue weighted by atomic mass is 79.9. The largest absolute Gasteiger partial charge is 0.458 e. The second kappa shape index (κ2) is 6.68. The topological polar surface area (TPSA) is 59.9 Å². The number of anilines is 1. The summed E-state index contributed by atoms with van der Waals surface area (Å²) in [6.07, 6.45) is 0. The third-order valence-corrected chi connectivity index (χ3v) is 2.84. The number of hydrogen-bond acceptors (Lipinski definition) is 5. The van der Waals surface area contributed by atoms with E-state index in [1.165, 1.54) is 0 Å². The van der Waals surface area contributed by atoms with Crippen molar-refractivity contribution in [2.75, 3.05) is 11.9 Å². The zero-order chi connectivity index (χ0) is 13.7. The normalized spacial score (nSPS) is 10.3. The molecule has 0 aliphatic heterocycles. The molecule has 1 N–H and O–H groups in total. The number of nitrogens with zero attached hydrogens (tertiary/aromatic N) is 3. The predicted octanol–water partition coefficient (Wildman–Crippen LogP) is 3.30. The average molecular weight is 344 g/mol. The zero-order valence-corrected chi connectivity index (χ0v) is 12.6. The summed E-state index contributed by atoms with van der Waals surface area (Å²) in [4.78, 5) is 12.0. The Morgan fingerprint density at radius 2 is 2.16 bits per heavy atom. The third-order valence-electron chi connectivity index (χ3n) is 2.18. The first-order valence-corrected chi connectivity index (χ1v) is 6.87. The molecule has 0 aliphatic carbocycles. The second-order valence-electron chi connectivity index (χ2n) is 3.66. The van der Waals surface area contributed by atoms with Crippen molar-refractivity contribution in [3.8, 4) is 6.01 Å². The highest BCUT2D eigenvalue weighted by Gasteiger charge is 2.05. The monoisotopic (exact) mass is 342 g/mol. The number of benzene rings is 1. The van der Waals surface area contributed by atoms with Crippen molar-refractivity contribution in [2.24, 2.45) is 0 Å². The molecular formula is C12H12BrClN4O. The van der Waals surface area contributed by atoms with Crippen LogP contribution in [0.1, 0.15) is 12.5 Å². The van der Waals surface area contributed by atoms with Gasteiger partial charge in [-0.3, -0.25) is 0 Å². The highest BCUT2D eigenvalue weighted by molar-refractivity contribution is 9.10. The van der Waals surface area contributed by atoms with Gasteiger partial charge in [0.15, 0.2) is 0 Å². The molecular weight excluding hydrogens is 332 g/mol. The number of rotatable bonds is 5. The fraction of sp³-hybridized carbons (Fsp3) is 0.250. The summed E-state index contributed by atoms with van der Waals surface area (Å²) < 4.78 is 6.50. The first-order chi connectivity index (χ1) is 9.17. The fourth-order valence-electron chi connectivity index (χ4n) is 1.41. The summed E-state index contributed by atoms with van der Waals surface area (Å²) >= 11 is 9.21. The summed E-state index contributed by atoms with van der Waals surface area (Å²) in [5.41, 5.74) is 1.01. The summed E-state index contributed by atoms with van der Waals surface area (Å²) in [7, 11) is 0. The van der Waals surface area contributed by atoms with Crippen LogP contribution in [0.25, 0.3) is 0 Å². The SMILES string of the molecule is CCNc1nc(Cl)nc(OCc2cccc(Br)c2)n1. The van der Waals surface area contributed by atoms with Gasteiger partial charge in [-0.05, 0) is 36.2 Å². The molecule has 2 rings (SSSR count). The molecule has 100 valence electrons. The van der Waals surface area contributed by atoms with Crippen molar-refractivity contribution in [3.63, 3.8) is 0 Å². The van der Waals surface area contributed by atoms with E-state index in [9.17, 15) is 0 Å². The molecule has 0 unspecified atom stereocenters. The second-order valence-corrected chi connectivity index (χ2v) is 4.91. The molecule has 1 aromatic carbocycles. The first kappa shape index (κ1) is 14.0. The van der Waals surface area contributed by atoms with Crippen LogP contribution in [-0.4, -0.2) is 21.5 Å². The molecule has 0 fully saturated rings. The van der Waals surface area contributed by atoms with E-state index in [1.54, 1.807) is 0 Å². The molecule has 0 atom stereocenters. The van der Waals surface area contributed by atoms with Gasteiger partial charge in [-0.1, -0.05) is 28.1 Å². The van der Waals surface area contributed by atoms with Crippen LogP contribution < -0.4 is 10.1 Å². The van der Waals surface area contributed by atoms with Crippen LogP contribution in [0, 0.1) is 0 Å². The fourth-order valence-corrected chi connectivity index (χ4v) is 2.01. The van der Waals surface area contributed by atoms with Gasteiger partial charge in [0.05, 0.1) is 0 Å². The van der Waals surface area contributed by atoms with Gasteiger partial charge < -0.3 is 10.1 Å². The van der Waals surface area contributed by atoms with E-state index in [-0.39, 0.29) is 11.3 Å². The van der Waals surface area contributed by atoms with Gasteiger partial charge in [0.25, 0.3) is 0 Å². The molecule has 0 saturated carbocycles. The van der Waals surface area contributed by atoms with E-state index in [4.69, 9.17) is 16.3 Å². The number of nitrogens with one attached hydrogen (secondary N) is 1. The summed E-state index contributed by atoms with van der Waals surface area (Å²) in [5.74, 6) is 0.409. The Kier molecular flexibility index (Phi) is 4.93. The minimum Gasteiger partial charge on any atom is -0.458 e. The smallest absolute Gasteiger partial charge is 0.322 e. The molecule has 19 heavy (non-hydrogen) atoms. The first-order valence-electron chi connectivity index (χ1n) is 5.70. The Hall–Kier alpha value is -1.40. The average Bonchev–Trinajstić information content (AvgIpc) is 2.36. The van der Waals surface area contributed by atoms with E-state index in [0.29, 0.717) is 19.1 Å². The van der Waals surface area contributed by atoms with Gasteiger partial charge >= 0.3 is 6.01 Å².